The molecule has 4 aromatic carbocycles. The fraction of sp³-hybridized carbons (Fsp3) is 0.0714. The van der Waals surface area contributed by atoms with Crippen LogP contribution in [0.15, 0.2) is 121 Å². The van der Waals surface area contributed by atoms with E-state index in [-0.39, 0.29) is 0 Å². The van der Waals surface area contributed by atoms with Crippen LogP contribution in [0, 0.1) is 0 Å². The highest BCUT2D eigenvalue weighted by Gasteiger charge is 2.41. The zero-order valence-electron chi connectivity index (χ0n) is 16.1. The van der Waals surface area contributed by atoms with Crippen molar-refractivity contribution < 1.29 is 5.11 Å². The quantitative estimate of drug-likeness (QED) is 0.391. The van der Waals surface area contributed by atoms with Crippen molar-refractivity contribution >= 4 is 0 Å². The molecule has 0 heterocycles. The van der Waals surface area contributed by atoms with Gasteiger partial charge >= 0.3 is 0 Å². The summed E-state index contributed by atoms with van der Waals surface area (Å²) in [5, 5.41) is 12.1. The molecule has 1 nitrogen and oxygen atoms in total. The molecule has 0 bridgehead atoms. The summed E-state index contributed by atoms with van der Waals surface area (Å²) in [6.45, 7) is 0. The van der Waals surface area contributed by atoms with Gasteiger partial charge in [-0.3, -0.25) is 0 Å². The lowest BCUT2D eigenvalue weighted by Crippen LogP contribution is -2.27. The Balaban J connectivity index is 1.83. The second-order valence-electron chi connectivity index (χ2n) is 7.47. The Morgan fingerprint density at radius 1 is 0.586 bits per heavy atom. The lowest BCUT2D eigenvalue weighted by molar-refractivity contribution is 0.126. The van der Waals surface area contributed by atoms with Gasteiger partial charge in [-0.2, -0.15) is 0 Å². The molecule has 1 unspecified atom stereocenters. The van der Waals surface area contributed by atoms with Gasteiger partial charge in [-0.25, -0.2) is 0 Å². The highest BCUT2D eigenvalue weighted by atomic mass is 16.3. The van der Waals surface area contributed by atoms with Gasteiger partial charge in [0.25, 0.3) is 0 Å². The highest BCUT2D eigenvalue weighted by molar-refractivity contribution is 5.87. The van der Waals surface area contributed by atoms with Gasteiger partial charge in [-0.05, 0) is 39.8 Å². The molecule has 0 aliphatic heterocycles. The van der Waals surface area contributed by atoms with E-state index in [0.717, 1.165) is 45.4 Å². The molecule has 1 N–H and O–H groups in total. The monoisotopic (exact) mass is 374 g/mol. The average Bonchev–Trinajstić information content (AvgIpc) is 3.66. The minimum Gasteiger partial charge on any atom is -0.376 e. The van der Waals surface area contributed by atoms with Crippen molar-refractivity contribution in [1.82, 2.24) is 0 Å². The average molecular weight is 374 g/mol. The topological polar surface area (TPSA) is 20.2 Å². The molecule has 140 valence electrons. The van der Waals surface area contributed by atoms with Crippen LogP contribution in [-0.2, 0) is 5.60 Å². The van der Waals surface area contributed by atoms with E-state index in [1.165, 1.54) is 0 Å². The molecule has 4 aromatic rings. The Kier molecular flexibility index (Phi) is 4.38. The van der Waals surface area contributed by atoms with Crippen LogP contribution in [-0.4, -0.2) is 5.11 Å². The van der Waals surface area contributed by atoms with Gasteiger partial charge in [0.05, 0.1) is 0 Å². The standard InChI is InChI=1S/C28H22O/c29-28(24-19-20-24,23-15-8-3-9-16-23)26-18-10-17-25(21-11-4-1-5-12-21)27(26)22-13-6-2-7-14-22/h1-19,29H,20H2. The van der Waals surface area contributed by atoms with E-state index in [1.54, 1.807) is 0 Å². The second kappa shape index (κ2) is 7.20. The highest BCUT2D eigenvalue weighted by Crippen LogP contribution is 2.49. The maximum Gasteiger partial charge on any atom is 0.137 e. The first kappa shape index (κ1) is 17.7. The van der Waals surface area contributed by atoms with Crippen LogP contribution in [0.4, 0.5) is 0 Å². The van der Waals surface area contributed by atoms with Crippen LogP contribution >= 0.6 is 0 Å². The smallest absolute Gasteiger partial charge is 0.137 e. The first-order valence-corrected chi connectivity index (χ1v) is 10.0. The van der Waals surface area contributed by atoms with Crippen LogP contribution in [0.25, 0.3) is 22.3 Å². The molecule has 1 atom stereocenters. The third-order valence-corrected chi connectivity index (χ3v) is 5.67. The molecule has 0 radical (unpaired) electrons. The summed E-state index contributed by atoms with van der Waals surface area (Å²) in [5.41, 5.74) is 6.24. The van der Waals surface area contributed by atoms with E-state index in [2.05, 4.69) is 72.8 Å². The van der Waals surface area contributed by atoms with Crippen molar-refractivity contribution in [3.05, 3.63) is 132 Å². The minimum absolute atomic E-state index is 0.842. The van der Waals surface area contributed by atoms with E-state index < -0.39 is 5.60 Å². The predicted molar refractivity (Wildman–Crippen MR) is 119 cm³/mol. The zero-order valence-corrected chi connectivity index (χ0v) is 16.1. The molecule has 1 heteroatoms. The summed E-state index contributed by atoms with van der Waals surface area (Å²) in [4.78, 5) is 0. The van der Waals surface area contributed by atoms with Crippen LogP contribution in [0.2, 0.25) is 0 Å². The van der Waals surface area contributed by atoms with E-state index in [4.69, 9.17) is 0 Å². The third-order valence-electron chi connectivity index (χ3n) is 5.67. The van der Waals surface area contributed by atoms with Crippen molar-refractivity contribution in [3.8, 4) is 22.3 Å². The number of hydrogen-bond donors (Lipinski definition) is 1. The van der Waals surface area contributed by atoms with Crippen LogP contribution in [0.5, 0.6) is 0 Å². The van der Waals surface area contributed by atoms with Crippen LogP contribution in [0.1, 0.15) is 17.5 Å². The largest absolute Gasteiger partial charge is 0.376 e. The molecule has 0 amide bonds. The van der Waals surface area contributed by atoms with E-state index >= 15 is 0 Å². The minimum atomic E-state index is -1.13. The van der Waals surface area contributed by atoms with Gasteiger partial charge in [-0.1, -0.05) is 115 Å². The molecule has 0 spiro atoms. The zero-order chi connectivity index (χ0) is 19.7. The van der Waals surface area contributed by atoms with E-state index in [1.807, 2.05) is 42.5 Å². The van der Waals surface area contributed by atoms with Gasteiger partial charge in [0.1, 0.15) is 5.60 Å². The third kappa shape index (κ3) is 3.10. The number of hydrogen-bond acceptors (Lipinski definition) is 1. The number of benzene rings is 4. The van der Waals surface area contributed by atoms with Crippen molar-refractivity contribution in [2.45, 2.75) is 12.0 Å². The van der Waals surface area contributed by atoms with E-state index in [0.29, 0.717) is 0 Å². The summed E-state index contributed by atoms with van der Waals surface area (Å²) in [5.74, 6) is 0. The molecule has 0 saturated heterocycles. The molecule has 0 saturated carbocycles. The maximum atomic E-state index is 12.1. The summed E-state index contributed by atoms with van der Waals surface area (Å²) in [6, 6.07) is 37.1. The first-order chi connectivity index (χ1) is 14.3. The van der Waals surface area contributed by atoms with Gasteiger partial charge in [0.2, 0.25) is 0 Å². The summed E-state index contributed by atoms with van der Waals surface area (Å²) < 4.78 is 0. The lowest BCUT2D eigenvalue weighted by Gasteiger charge is -2.31. The Hall–Kier alpha value is -3.42. The molecular formula is C28H22O. The molecule has 5 rings (SSSR count). The fourth-order valence-electron chi connectivity index (χ4n) is 4.17. The number of rotatable bonds is 5. The van der Waals surface area contributed by atoms with Crippen molar-refractivity contribution in [2.75, 3.05) is 0 Å². The summed E-state index contributed by atoms with van der Waals surface area (Å²) in [7, 11) is 0. The van der Waals surface area contributed by atoms with Gasteiger partial charge in [-0.15, -0.1) is 0 Å². The second-order valence-corrected chi connectivity index (χ2v) is 7.47. The van der Waals surface area contributed by atoms with Crippen molar-refractivity contribution in [1.29, 1.82) is 0 Å². The maximum absolute atomic E-state index is 12.1. The fourth-order valence-corrected chi connectivity index (χ4v) is 4.17. The Labute approximate surface area is 171 Å². The van der Waals surface area contributed by atoms with Gasteiger partial charge < -0.3 is 5.11 Å². The predicted octanol–water partition coefficient (Wildman–Crippen LogP) is 6.59. The van der Waals surface area contributed by atoms with Crippen molar-refractivity contribution in [2.24, 2.45) is 0 Å². The lowest BCUT2D eigenvalue weighted by atomic mass is 9.77. The molecule has 0 aromatic heterocycles. The molecule has 1 aliphatic carbocycles. The molecular weight excluding hydrogens is 352 g/mol. The Morgan fingerprint density at radius 2 is 1.14 bits per heavy atom. The van der Waals surface area contributed by atoms with E-state index in [9.17, 15) is 5.11 Å². The van der Waals surface area contributed by atoms with Crippen molar-refractivity contribution in [3.63, 3.8) is 0 Å². The Bertz CT molecular complexity index is 1160. The molecule has 1 aliphatic rings. The number of aliphatic hydroxyl groups is 1. The molecule has 29 heavy (non-hydrogen) atoms. The normalized spacial score (nSPS) is 14.7. The number of allylic oxidation sites excluding steroid dienone is 1. The summed E-state index contributed by atoms with van der Waals surface area (Å²) in [6.07, 6.45) is 2.96. The van der Waals surface area contributed by atoms with Crippen LogP contribution in [0.3, 0.4) is 0 Å². The SMILES string of the molecule is OC(C1=CC1)(c1ccccc1)c1cccc(-c2ccccc2)c1-c1ccccc1. The van der Waals surface area contributed by atoms with Gasteiger partial charge in [0.15, 0.2) is 0 Å². The first-order valence-electron chi connectivity index (χ1n) is 10.0. The van der Waals surface area contributed by atoms with Crippen LogP contribution < -0.4 is 0 Å². The molecule has 0 fully saturated rings. The Morgan fingerprint density at radius 3 is 1.72 bits per heavy atom. The summed E-state index contributed by atoms with van der Waals surface area (Å²) >= 11 is 0. The van der Waals surface area contributed by atoms with Gasteiger partial charge in [0, 0.05) is 5.56 Å².